The Labute approximate surface area is 158 Å². The van der Waals surface area contributed by atoms with E-state index >= 15 is 0 Å². The first kappa shape index (κ1) is 18.9. The fourth-order valence-electron chi connectivity index (χ4n) is 2.03. The van der Waals surface area contributed by atoms with Crippen molar-refractivity contribution >= 4 is 46.4 Å². The summed E-state index contributed by atoms with van der Waals surface area (Å²) >= 11 is 13.3. The Hall–Kier alpha value is -1.43. The predicted molar refractivity (Wildman–Crippen MR) is 110 cm³/mol. The van der Waals surface area contributed by atoms with E-state index in [1.54, 1.807) is 13.2 Å². The van der Waals surface area contributed by atoms with Gasteiger partial charge in [0.1, 0.15) is 5.75 Å². The summed E-state index contributed by atoms with van der Waals surface area (Å²) in [5.74, 6) is 2.64. The van der Waals surface area contributed by atoms with Crippen LogP contribution in [0, 0.1) is 6.92 Å². The Bertz CT molecular complexity index is 677. The third-order valence-corrected chi connectivity index (χ3v) is 4.90. The van der Waals surface area contributed by atoms with Crippen molar-refractivity contribution in [1.82, 2.24) is 5.32 Å². The van der Waals surface area contributed by atoms with Crippen LogP contribution in [0.3, 0.4) is 0 Å². The van der Waals surface area contributed by atoms with Crippen LogP contribution in [-0.2, 0) is 5.75 Å². The van der Waals surface area contributed by atoms with Gasteiger partial charge in [-0.3, -0.25) is 0 Å². The first-order valence-corrected chi connectivity index (χ1v) is 9.54. The maximum absolute atomic E-state index is 6.09. The zero-order valence-electron chi connectivity index (χ0n) is 13.8. The van der Waals surface area contributed by atoms with Gasteiger partial charge in [0.2, 0.25) is 0 Å². The van der Waals surface area contributed by atoms with Gasteiger partial charge in [-0.25, -0.2) is 0 Å². The molecular weight excluding hydrogens is 360 g/mol. The number of hydrogen-bond acceptors (Lipinski definition) is 3. The van der Waals surface area contributed by atoms with E-state index in [-0.39, 0.29) is 0 Å². The molecule has 2 rings (SSSR count). The number of thioether (sulfide) groups is 1. The second-order valence-corrected chi connectivity index (χ2v) is 7.19. The number of ether oxygens (including phenoxy) is 1. The molecule has 3 nitrogen and oxygen atoms in total. The number of benzene rings is 2. The van der Waals surface area contributed by atoms with Crippen LogP contribution in [0.15, 0.2) is 42.5 Å². The van der Waals surface area contributed by atoms with Crippen molar-refractivity contribution in [2.45, 2.75) is 12.7 Å². The summed E-state index contributed by atoms with van der Waals surface area (Å²) in [7, 11) is 1.59. The number of nitrogens with one attached hydrogen (secondary N) is 2. The maximum Gasteiger partial charge on any atom is 0.170 e. The van der Waals surface area contributed by atoms with E-state index in [9.17, 15) is 0 Å². The lowest BCUT2D eigenvalue weighted by atomic mass is 10.2. The van der Waals surface area contributed by atoms with Crippen LogP contribution in [-0.4, -0.2) is 24.5 Å². The van der Waals surface area contributed by atoms with E-state index in [2.05, 4.69) is 41.8 Å². The van der Waals surface area contributed by atoms with Gasteiger partial charge in [-0.15, -0.1) is 0 Å². The zero-order chi connectivity index (χ0) is 17.4. The molecule has 2 aromatic rings. The van der Waals surface area contributed by atoms with Crippen LogP contribution < -0.4 is 15.4 Å². The summed E-state index contributed by atoms with van der Waals surface area (Å²) in [5.41, 5.74) is 3.48. The molecule has 0 radical (unpaired) electrons. The summed E-state index contributed by atoms with van der Waals surface area (Å²) in [6, 6.07) is 14.1. The zero-order valence-corrected chi connectivity index (χ0v) is 16.2. The quantitative estimate of drug-likeness (QED) is 0.528. The molecule has 24 heavy (non-hydrogen) atoms. The molecule has 0 fully saturated rings. The van der Waals surface area contributed by atoms with Crippen molar-refractivity contribution in [2.75, 3.05) is 24.7 Å². The average molecular weight is 381 g/mol. The van der Waals surface area contributed by atoms with Gasteiger partial charge < -0.3 is 15.4 Å². The number of thiocarbonyl (C=S) groups is 1. The van der Waals surface area contributed by atoms with E-state index in [1.807, 2.05) is 23.9 Å². The van der Waals surface area contributed by atoms with Crippen molar-refractivity contribution in [1.29, 1.82) is 0 Å². The van der Waals surface area contributed by atoms with E-state index in [1.165, 1.54) is 11.1 Å². The third-order valence-electron chi connectivity index (χ3n) is 3.33. The van der Waals surface area contributed by atoms with Gasteiger partial charge in [0.15, 0.2) is 5.11 Å². The minimum atomic E-state index is 0.555. The highest BCUT2D eigenvalue weighted by Gasteiger charge is 2.03. The smallest absolute Gasteiger partial charge is 0.170 e. The molecule has 0 amide bonds. The van der Waals surface area contributed by atoms with Gasteiger partial charge in [-0.1, -0.05) is 41.4 Å². The van der Waals surface area contributed by atoms with E-state index in [4.69, 9.17) is 28.6 Å². The second kappa shape index (κ2) is 9.77. The molecule has 0 saturated heterocycles. The molecule has 0 heterocycles. The van der Waals surface area contributed by atoms with Crippen molar-refractivity contribution in [3.63, 3.8) is 0 Å². The topological polar surface area (TPSA) is 33.3 Å². The number of hydrogen-bond donors (Lipinski definition) is 2. The van der Waals surface area contributed by atoms with Crippen LogP contribution in [0.2, 0.25) is 5.02 Å². The SMILES string of the molecule is COc1ccc(NC(=S)NCCSCc2ccc(C)cc2)cc1Cl. The van der Waals surface area contributed by atoms with Crippen LogP contribution in [0.25, 0.3) is 0 Å². The molecule has 0 aliphatic carbocycles. The highest BCUT2D eigenvalue weighted by Crippen LogP contribution is 2.27. The first-order chi connectivity index (χ1) is 11.6. The van der Waals surface area contributed by atoms with Crippen molar-refractivity contribution in [2.24, 2.45) is 0 Å². The van der Waals surface area contributed by atoms with Gasteiger partial charge in [-0.2, -0.15) is 11.8 Å². The van der Waals surface area contributed by atoms with Crippen molar-refractivity contribution in [3.8, 4) is 5.75 Å². The Balaban J connectivity index is 1.66. The highest BCUT2D eigenvalue weighted by atomic mass is 35.5. The fourth-order valence-corrected chi connectivity index (χ4v) is 3.33. The molecule has 128 valence electrons. The lowest BCUT2D eigenvalue weighted by Crippen LogP contribution is -2.30. The van der Waals surface area contributed by atoms with Crippen LogP contribution in [0.4, 0.5) is 5.69 Å². The largest absolute Gasteiger partial charge is 0.495 e. The highest BCUT2D eigenvalue weighted by molar-refractivity contribution is 7.98. The molecule has 6 heteroatoms. The minimum absolute atomic E-state index is 0.555. The molecule has 0 atom stereocenters. The molecule has 0 spiro atoms. The molecule has 0 aromatic heterocycles. The van der Waals surface area contributed by atoms with Crippen LogP contribution >= 0.6 is 35.6 Å². The number of halogens is 1. The lowest BCUT2D eigenvalue weighted by molar-refractivity contribution is 0.415. The number of rotatable bonds is 7. The standard InChI is InChI=1S/C18H21ClN2OS2/c1-13-3-5-14(6-4-13)12-24-10-9-20-18(23)21-15-7-8-17(22-2)16(19)11-15/h3-8,11H,9-10,12H2,1-2H3,(H2,20,21,23). The number of aryl methyl sites for hydroxylation is 1. The first-order valence-electron chi connectivity index (χ1n) is 7.60. The van der Waals surface area contributed by atoms with Gasteiger partial charge in [0.05, 0.1) is 12.1 Å². The minimum Gasteiger partial charge on any atom is -0.495 e. The van der Waals surface area contributed by atoms with Gasteiger partial charge in [0.25, 0.3) is 0 Å². The molecule has 0 bridgehead atoms. The fraction of sp³-hybridized carbons (Fsp3) is 0.278. The Morgan fingerprint density at radius 3 is 2.62 bits per heavy atom. The van der Waals surface area contributed by atoms with Gasteiger partial charge >= 0.3 is 0 Å². The molecule has 2 N–H and O–H groups in total. The lowest BCUT2D eigenvalue weighted by Gasteiger charge is -2.11. The van der Waals surface area contributed by atoms with E-state index in [0.717, 1.165) is 23.7 Å². The summed E-state index contributed by atoms with van der Waals surface area (Å²) in [6.45, 7) is 2.91. The molecule has 2 aromatic carbocycles. The Morgan fingerprint density at radius 1 is 1.21 bits per heavy atom. The third kappa shape index (κ3) is 6.23. The summed E-state index contributed by atoms with van der Waals surface area (Å²) < 4.78 is 5.13. The average Bonchev–Trinajstić information content (AvgIpc) is 2.56. The predicted octanol–water partition coefficient (Wildman–Crippen LogP) is 4.88. The molecule has 0 saturated carbocycles. The van der Waals surface area contributed by atoms with Crippen molar-refractivity contribution < 1.29 is 4.74 Å². The van der Waals surface area contributed by atoms with E-state index in [0.29, 0.717) is 15.9 Å². The maximum atomic E-state index is 6.09. The van der Waals surface area contributed by atoms with Crippen LogP contribution in [0.1, 0.15) is 11.1 Å². The van der Waals surface area contributed by atoms with Crippen LogP contribution in [0.5, 0.6) is 5.75 Å². The Kier molecular flexibility index (Phi) is 7.69. The van der Waals surface area contributed by atoms with Gasteiger partial charge in [0, 0.05) is 23.7 Å². The molecular formula is C18H21ClN2OS2. The second-order valence-electron chi connectivity index (χ2n) is 5.27. The Morgan fingerprint density at radius 2 is 1.96 bits per heavy atom. The molecule has 0 aliphatic rings. The normalized spacial score (nSPS) is 10.3. The summed E-state index contributed by atoms with van der Waals surface area (Å²) in [4.78, 5) is 0. The monoisotopic (exact) mass is 380 g/mol. The summed E-state index contributed by atoms with van der Waals surface area (Å²) in [5, 5.41) is 7.46. The van der Waals surface area contributed by atoms with E-state index < -0.39 is 0 Å². The summed E-state index contributed by atoms with van der Waals surface area (Å²) in [6.07, 6.45) is 0. The number of methoxy groups -OCH3 is 1. The molecule has 0 unspecified atom stereocenters. The molecule has 0 aliphatic heterocycles. The van der Waals surface area contributed by atoms with Crippen molar-refractivity contribution in [3.05, 3.63) is 58.6 Å². The van der Waals surface area contributed by atoms with Gasteiger partial charge in [-0.05, 0) is 42.9 Å². The number of anilines is 1.